The fourth-order valence-electron chi connectivity index (χ4n) is 2.11. The summed E-state index contributed by atoms with van der Waals surface area (Å²) in [5, 5.41) is 8.22. The number of carbonyl (C=O) groups excluding carboxylic acids is 2. The highest BCUT2D eigenvalue weighted by Crippen LogP contribution is 2.19. The Balaban J connectivity index is 1.78. The van der Waals surface area contributed by atoms with Crippen LogP contribution in [0.5, 0.6) is 0 Å². The maximum atomic E-state index is 12.2. The summed E-state index contributed by atoms with van der Waals surface area (Å²) in [4.78, 5) is 24.3. The maximum absolute atomic E-state index is 12.2. The van der Waals surface area contributed by atoms with Crippen LogP contribution in [0.1, 0.15) is 16.8 Å². The fraction of sp³-hybridized carbons (Fsp3) is 0.0625. The highest BCUT2D eigenvalue weighted by Gasteiger charge is 2.26. The number of rotatable bonds is 2. The third kappa shape index (κ3) is 3.01. The number of hydrogen-bond acceptors (Lipinski definition) is 3. The minimum atomic E-state index is -0.258. The minimum Gasteiger partial charge on any atom is -0.308 e. The van der Waals surface area contributed by atoms with E-state index in [4.69, 9.17) is 0 Å². The predicted molar refractivity (Wildman–Crippen MR) is 92.6 cm³/mol. The van der Waals surface area contributed by atoms with Crippen molar-refractivity contribution in [3.05, 3.63) is 63.7 Å². The number of nitrogens with zero attached hydrogens (tertiary/aromatic N) is 2. The molecule has 0 radical (unpaired) electrons. The normalized spacial score (nSPS) is 14.0. The number of para-hydroxylation sites is 1. The average molecular weight is 405 g/mol. The Morgan fingerprint density at radius 3 is 2.50 bits per heavy atom. The lowest BCUT2D eigenvalue weighted by Crippen LogP contribution is -2.30. The van der Waals surface area contributed by atoms with Gasteiger partial charge >= 0.3 is 0 Å². The quantitative estimate of drug-likeness (QED) is 0.782. The van der Waals surface area contributed by atoms with E-state index >= 15 is 0 Å². The molecule has 1 heterocycles. The van der Waals surface area contributed by atoms with Crippen LogP contribution in [0.2, 0.25) is 0 Å². The molecular weight excluding hydrogens is 393 g/mol. The molecule has 0 fully saturated rings. The van der Waals surface area contributed by atoms with Crippen LogP contribution < -0.4 is 10.3 Å². The van der Waals surface area contributed by atoms with Gasteiger partial charge in [-0.3, -0.25) is 9.59 Å². The van der Waals surface area contributed by atoms with Crippen LogP contribution in [0.3, 0.4) is 0 Å². The van der Waals surface area contributed by atoms with Gasteiger partial charge in [-0.25, -0.2) is 0 Å². The lowest BCUT2D eigenvalue weighted by molar-refractivity contribution is -0.116. The number of hydrogen-bond donors (Lipinski definition) is 1. The van der Waals surface area contributed by atoms with Gasteiger partial charge in [-0.1, -0.05) is 30.3 Å². The zero-order valence-corrected chi connectivity index (χ0v) is 13.6. The predicted octanol–water partition coefficient (Wildman–Crippen LogP) is 2.77. The Morgan fingerprint density at radius 2 is 1.77 bits per heavy atom. The van der Waals surface area contributed by atoms with E-state index in [2.05, 4.69) is 33.0 Å². The number of anilines is 1. The molecule has 1 aliphatic heterocycles. The lowest BCUT2D eigenvalue weighted by Gasteiger charge is -2.10. The van der Waals surface area contributed by atoms with Crippen molar-refractivity contribution in [1.29, 1.82) is 0 Å². The van der Waals surface area contributed by atoms with Crippen molar-refractivity contribution >= 4 is 45.9 Å². The third-order valence-electron chi connectivity index (χ3n) is 3.15. The molecule has 22 heavy (non-hydrogen) atoms. The second-order valence-corrected chi connectivity index (χ2v) is 5.86. The van der Waals surface area contributed by atoms with Crippen LogP contribution in [-0.4, -0.2) is 17.6 Å². The van der Waals surface area contributed by atoms with Crippen molar-refractivity contribution in [1.82, 2.24) is 5.32 Å². The smallest absolute Gasteiger partial charge is 0.257 e. The number of benzene rings is 2. The summed E-state index contributed by atoms with van der Waals surface area (Å²) in [5.74, 6) is -0.0609. The zero-order chi connectivity index (χ0) is 15.5. The van der Waals surface area contributed by atoms with Gasteiger partial charge in [0.15, 0.2) is 0 Å². The van der Waals surface area contributed by atoms with Crippen molar-refractivity contribution in [2.24, 2.45) is 5.10 Å². The summed E-state index contributed by atoms with van der Waals surface area (Å²) in [6.45, 7) is 0. The molecule has 0 atom stereocenters. The zero-order valence-electron chi connectivity index (χ0n) is 11.5. The van der Waals surface area contributed by atoms with Gasteiger partial charge in [-0.15, -0.1) is 0 Å². The number of nitrogens with one attached hydrogen (secondary N) is 1. The maximum Gasteiger partial charge on any atom is 0.257 e. The third-order valence-corrected chi connectivity index (χ3v) is 4.09. The van der Waals surface area contributed by atoms with Gasteiger partial charge in [-0.2, -0.15) is 10.1 Å². The minimum absolute atomic E-state index is 0.0873. The Bertz CT molecular complexity index is 759. The molecule has 110 valence electrons. The lowest BCUT2D eigenvalue weighted by atomic mass is 10.2. The molecule has 0 aromatic heterocycles. The second-order valence-electron chi connectivity index (χ2n) is 4.70. The molecule has 2 aromatic carbocycles. The van der Waals surface area contributed by atoms with Crippen LogP contribution >= 0.6 is 22.6 Å². The molecular formula is C16H12IN3O2. The van der Waals surface area contributed by atoms with Crippen molar-refractivity contribution in [2.45, 2.75) is 6.42 Å². The van der Waals surface area contributed by atoms with E-state index < -0.39 is 0 Å². The van der Waals surface area contributed by atoms with E-state index in [0.29, 0.717) is 17.1 Å². The largest absolute Gasteiger partial charge is 0.308 e. The van der Waals surface area contributed by atoms with Crippen LogP contribution in [0.4, 0.5) is 5.69 Å². The Hall–Kier alpha value is -2.22. The van der Waals surface area contributed by atoms with E-state index in [-0.39, 0.29) is 18.2 Å². The molecule has 6 heteroatoms. The first-order valence-corrected chi connectivity index (χ1v) is 7.74. The van der Waals surface area contributed by atoms with Crippen LogP contribution in [0, 0.1) is 3.57 Å². The summed E-state index contributed by atoms with van der Waals surface area (Å²) in [7, 11) is 0. The van der Waals surface area contributed by atoms with E-state index in [9.17, 15) is 9.59 Å². The van der Waals surface area contributed by atoms with E-state index in [1.165, 1.54) is 5.01 Å². The summed E-state index contributed by atoms with van der Waals surface area (Å²) in [6, 6.07) is 16.4. The van der Waals surface area contributed by atoms with Crippen molar-refractivity contribution in [3.8, 4) is 0 Å². The number of halogens is 1. The SMILES string of the molecule is O=C(NC1=NN(c2ccccc2)C(=O)C1)c1ccccc1I. The molecule has 5 nitrogen and oxygen atoms in total. The first kappa shape index (κ1) is 14.7. The van der Waals surface area contributed by atoms with Gasteiger partial charge in [0.2, 0.25) is 0 Å². The average Bonchev–Trinajstić information content (AvgIpc) is 2.89. The topological polar surface area (TPSA) is 61.8 Å². The van der Waals surface area contributed by atoms with Crippen LogP contribution in [-0.2, 0) is 4.79 Å². The highest BCUT2D eigenvalue weighted by molar-refractivity contribution is 14.1. The molecule has 0 spiro atoms. The van der Waals surface area contributed by atoms with Gasteiger partial charge in [0.1, 0.15) is 5.84 Å². The van der Waals surface area contributed by atoms with Gasteiger partial charge in [0.25, 0.3) is 11.8 Å². The summed E-state index contributed by atoms with van der Waals surface area (Å²) in [6.07, 6.45) is 0.0873. The molecule has 0 saturated carbocycles. The molecule has 0 bridgehead atoms. The van der Waals surface area contributed by atoms with Crippen LogP contribution in [0.15, 0.2) is 59.7 Å². The molecule has 2 amide bonds. The summed E-state index contributed by atoms with van der Waals surface area (Å²) >= 11 is 2.10. The molecule has 1 N–H and O–H groups in total. The van der Waals surface area contributed by atoms with Gasteiger partial charge < -0.3 is 5.32 Å². The van der Waals surface area contributed by atoms with Crippen molar-refractivity contribution in [2.75, 3.05) is 5.01 Å². The molecule has 0 saturated heterocycles. The summed E-state index contributed by atoms with van der Waals surface area (Å²) < 4.78 is 0.849. The van der Waals surface area contributed by atoms with Crippen LogP contribution in [0.25, 0.3) is 0 Å². The molecule has 1 aliphatic rings. The Labute approximate surface area is 141 Å². The van der Waals surface area contributed by atoms with E-state index in [1.54, 1.807) is 24.3 Å². The highest BCUT2D eigenvalue weighted by atomic mass is 127. The molecule has 0 unspecified atom stereocenters. The van der Waals surface area contributed by atoms with Crippen molar-refractivity contribution in [3.63, 3.8) is 0 Å². The second kappa shape index (κ2) is 6.27. The molecule has 3 rings (SSSR count). The number of amides is 2. The van der Waals surface area contributed by atoms with Crippen molar-refractivity contribution < 1.29 is 9.59 Å². The fourth-order valence-corrected chi connectivity index (χ4v) is 2.75. The first-order valence-electron chi connectivity index (χ1n) is 6.66. The monoisotopic (exact) mass is 405 g/mol. The first-order chi connectivity index (χ1) is 10.6. The molecule has 0 aliphatic carbocycles. The Morgan fingerprint density at radius 1 is 1.09 bits per heavy atom. The van der Waals surface area contributed by atoms with Gasteiger partial charge in [-0.05, 0) is 46.9 Å². The number of amidine groups is 1. The number of carbonyl (C=O) groups is 2. The van der Waals surface area contributed by atoms with E-state index in [0.717, 1.165) is 3.57 Å². The molecule has 2 aromatic rings. The summed E-state index contributed by atoms with van der Waals surface area (Å²) in [5.41, 5.74) is 1.25. The van der Waals surface area contributed by atoms with Gasteiger partial charge in [0, 0.05) is 3.57 Å². The Kier molecular flexibility index (Phi) is 4.19. The standard InChI is InChI=1S/C16H12IN3O2/c17-13-9-5-4-8-12(13)16(22)18-14-10-15(21)20(19-14)11-6-2-1-3-7-11/h1-9H,10H2,(H,18,19,22). The number of hydrazone groups is 1. The van der Waals surface area contributed by atoms with E-state index in [1.807, 2.05) is 30.3 Å². The van der Waals surface area contributed by atoms with Gasteiger partial charge in [0.05, 0.1) is 17.7 Å².